The Hall–Kier alpha value is -2.08. The summed E-state index contributed by atoms with van der Waals surface area (Å²) in [5, 5.41) is 3.08. The van der Waals surface area contributed by atoms with Crippen molar-refractivity contribution in [2.24, 2.45) is 0 Å². The molecule has 6 heteroatoms. The third kappa shape index (κ3) is 3.96. The highest BCUT2D eigenvalue weighted by Gasteiger charge is 2.03. The van der Waals surface area contributed by atoms with E-state index in [1.165, 1.54) is 12.1 Å². The average Bonchev–Trinajstić information content (AvgIpc) is 2.37. The fourth-order valence-electron chi connectivity index (χ4n) is 1.65. The molecular formula is C13H14F2N4. The van der Waals surface area contributed by atoms with Crippen molar-refractivity contribution in [1.29, 1.82) is 0 Å². The van der Waals surface area contributed by atoms with Crippen LogP contribution in [0.25, 0.3) is 0 Å². The first-order valence-electron chi connectivity index (χ1n) is 5.87. The smallest absolute Gasteiger partial charge is 0.144 e. The molecule has 1 aromatic carbocycles. The number of hydrogen-bond acceptors (Lipinski definition) is 4. The highest BCUT2D eigenvalue weighted by Crippen LogP contribution is 2.09. The number of nitrogens with one attached hydrogen (secondary N) is 1. The fourth-order valence-corrected chi connectivity index (χ4v) is 1.65. The van der Waals surface area contributed by atoms with E-state index < -0.39 is 11.6 Å². The van der Waals surface area contributed by atoms with Gasteiger partial charge in [-0.15, -0.1) is 0 Å². The second-order valence-electron chi connectivity index (χ2n) is 4.06. The van der Waals surface area contributed by atoms with E-state index in [1.807, 2.05) is 0 Å². The number of nitrogens with two attached hydrogens (primary N) is 1. The molecule has 2 rings (SSSR count). The van der Waals surface area contributed by atoms with Gasteiger partial charge < -0.3 is 11.1 Å². The number of hydrogen-bond donors (Lipinski definition) is 2. The van der Waals surface area contributed by atoms with Crippen molar-refractivity contribution in [1.82, 2.24) is 15.3 Å². The Morgan fingerprint density at radius 1 is 1.21 bits per heavy atom. The molecule has 1 aromatic heterocycles. The number of aromatic nitrogens is 2. The monoisotopic (exact) mass is 264 g/mol. The molecule has 4 nitrogen and oxygen atoms in total. The van der Waals surface area contributed by atoms with Crippen molar-refractivity contribution in [3.63, 3.8) is 0 Å². The largest absolute Gasteiger partial charge is 0.384 e. The molecule has 0 aliphatic carbocycles. The third-order valence-corrected chi connectivity index (χ3v) is 2.60. The first-order chi connectivity index (χ1) is 9.15. The lowest BCUT2D eigenvalue weighted by Gasteiger charge is -2.05. The van der Waals surface area contributed by atoms with Crippen molar-refractivity contribution < 1.29 is 8.78 Å². The standard InChI is InChI=1S/C13H14F2N4/c14-10-2-1-9(11(15)7-10)3-5-17-8-13-18-6-4-12(16)19-13/h1-2,4,6-7,17H,3,5,8H2,(H2,16,18,19). The molecule has 0 spiro atoms. The summed E-state index contributed by atoms with van der Waals surface area (Å²) in [6.45, 7) is 0.995. The van der Waals surface area contributed by atoms with Gasteiger partial charge in [0.1, 0.15) is 23.3 Å². The Morgan fingerprint density at radius 2 is 2.05 bits per heavy atom. The average molecular weight is 264 g/mol. The minimum atomic E-state index is -0.567. The molecule has 19 heavy (non-hydrogen) atoms. The van der Waals surface area contributed by atoms with Crippen LogP contribution in [0.1, 0.15) is 11.4 Å². The summed E-state index contributed by atoms with van der Waals surface area (Å²) in [5.74, 6) is -0.0969. The SMILES string of the molecule is Nc1ccnc(CNCCc2ccc(F)cc2F)n1. The number of rotatable bonds is 5. The minimum Gasteiger partial charge on any atom is -0.384 e. The molecule has 0 fully saturated rings. The molecule has 0 radical (unpaired) electrons. The molecule has 0 unspecified atom stereocenters. The van der Waals surface area contributed by atoms with Crippen LogP contribution in [0.4, 0.5) is 14.6 Å². The van der Waals surface area contributed by atoms with Crippen LogP contribution >= 0.6 is 0 Å². The number of benzene rings is 1. The molecule has 0 bridgehead atoms. The van der Waals surface area contributed by atoms with E-state index in [1.54, 1.807) is 12.3 Å². The van der Waals surface area contributed by atoms with E-state index in [-0.39, 0.29) is 0 Å². The zero-order valence-corrected chi connectivity index (χ0v) is 10.2. The van der Waals surface area contributed by atoms with E-state index in [2.05, 4.69) is 15.3 Å². The minimum absolute atomic E-state index is 0.413. The summed E-state index contributed by atoms with van der Waals surface area (Å²) in [6.07, 6.45) is 2.05. The van der Waals surface area contributed by atoms with Gasteiger partial charge in [-0.05, 0) is 30.7 Å². The molecule has 0 aliphatic rings. The Morgan fingerprint density at radius 3 is 2.79 bits per heavy atom. The molecule has 3 N–H and O–H groups in total. The molecule has 2 aromatic rings. The second-order valence-corrected chi connectivity index (χ2v) is 4.06. The molecule has 0 aliphatic heterocycles. The maximum Gasteiger partial charge on any atom is 0.144 e. The van der Waals surface area contributed by atoms with Gasteiger partial charge in [-0.2, -0.15) is 0 Å². The fraction of sp³-hybridized carbons (Fsp3) is 0.231. The predicted molar refractivity (Wildman–Crippen MR) is 68.2 cm³/mol. The summed E-state index contributed by atoms with van der Waals surface area (Å²) in [5.41, 5.74) is 6.00. The van der Waals surface area contributed by atoms with Crippen molar-refractivity contribution in [3.8, 4) is 0 Å². The zero-order chi connectivity index (χ0) is 13.7. The number of nitrogens with zero attached hydrogens (tertiary/aromatic N) is 2. The topological polar surface area (TPSA) is 63.8 Å². The van der Waals surface area contributed by atoms with Crippen molar-refractivity contribution in [2.75, 3.05) is 12.3 Å². The molecule has 0 saturated carbocycles. The highest BCUT2D eigenvalue weighted by atomic mass is 19.1. The molecule has 1 heterocycles. The Balaban J connectivity index is 1.81. The summed E-state index contributed by atoms with van der Waals surface area (Å²) in [7, 11) is 0. The van der Waals surface area contributed by atoms with Crippen LogP contribution in [-0.2, 0) is 13.0 Å². The first kappa shape index (κ1) is 13.4. The van der Waals surface area contributed by atoms with Gasteiger partial charge >= 0.3 is 0 Å². The third-order valence-electron chi connectivity index (χ3n) is 2.60. The van der Waals surface area contributed by atoms with Crippen LogP contribution in [0, 0.1) is 11.6 Å². The van der Waals surface area contributed by atoms with Gasteiger partial charge in [0.25, 0.3) is 0 Å². The van der Waals surface area contributed by atoms with E-state index >= 15 is 0 Å². The van der Waals surface area contributed by atoms with Crippen LogP contribution in [0.3, 0.4) is 0 Å². The van der Waals surface area contributed by atoms with Gasteiger partial charge in [0.05, 0.1) is 6.54 Å². The normalized spacial score (nSPS) is 10.6. The summed E-state index contributed by atoms with van der Waals surface area (Å²) in [6, 6.07) is 5.19. The van der Waals surface area contributed by atoms with Crippen LogP contribution in [-0.4, -0.2) is 16.5 Å². The zero-order valence-electron chi connectivity index (χ0n) is 10.2. The maximum absolute atomic E-state index is 13.3. The van der Waals surface area contributed by atoms with Crippen LogP contribution in [0.2, 0.25) is 0 Å². The Bertz CT molecular complexity index is 560. The van der Waals surface area contributed by atoms with Crippen LogP contribution in [0.15, 0.2) is 30.5 Å². The van der Waals surface area contributed by atoms with E-state index in [0.717, 1.165) is 6.07 Å². The van der Waals surface area contributed by atoms with E-state index in [4.69, 9.17) is 5.73 Å². The van der Waals surface area contributed by atoms with Gasteiger partial charge in [0.2, 0.25) is 0 Å². The second kappa shape index (κ2) is 6.19. The quantitative estimate of drug-likeness (QED) is 0.806. The van der Waals surface area contributed by atoms with Gasteiger partial charge in [-0.1, -0.05) is 6.07 Å². The maximum atomic E-state index is 13.3. The predicted octanol–water partition coefficient (Wildman–Crippen LogP) is 1.67. The Labute approximate surface area is 109 Å². The van der Waals surface area contributed by atoms with Gasteiger partial charge in [0.15, 0.2) is 0 Å². The summed E-state index contributed by atoms with van der Waals surface area (Å²) in [4.78, 5) is 8.06. The number of nitrogen functional groups attached to an aromatic ring is 1. The van der Waals surface area contributed by atoms with Crippen LogP contribution in [0.5, 0.6) is 0 Å². The van der Waals surface area contributed by atoms with Gasteiger partial charge in [-0.25, -0.2) is 18.7 Å². The molecule has 0 saturated heterocycles. The van der Waals surface area contributed by atoms with E-state index in [9.17, 15) is 8.78 Å². The van der Waals surface area contributed by atoms with Crippen molar-refractivity contribution >= 4 is 5.82 Å². The Kier molecular flexibility index (Phi) is 4.35. The van der Waals surface area contributed by atoms with Crippen molar-refractivity contribution in [2.45, 2.75) is 13.0 Å². The first-order valence-corrected chi connectivity index (χ1v) is 5.87. The summed E-state index contributed by atoms with van der Waals surface area (Å²) >= 11 is 0. The lowest BCUT2D eigenvalue weighted by molar-refractivity contribution is 0.565. The lowest BCUT2D eigenvalue weighted by Crippen LogP contribution is -2.19. The molecule has 0 atom stereocenters. The van der Waals surface area contributed by atoms with E-state index in [0.29, 0.717) is 36.7 Å². The molecular weight excluding hydrogens is 250 g/mol. The van der Waals surface area contributed by atoms with Crippen LogP contribution < -0.4 is 11.1 Å². The number of anilines is 1. The van der Waals surface area contributed by atoms with Crippen molar-refractivity contribution in [3.05, 3.63) is 53.5 Å². The summed E-state index contributed by atoms with van der Waals surface area (Å²) < 4.78 is 26.1. The molecule has 100 valence electrons. The highest BCUT2D eigenvalue weighted by molar-refractivity contribution is 5.25. The number of halogens is 2. The molecule has 0 amide bonds. The van der Waals surface area contributed by atoms with Gasteiger partial charge in [0, 0.05) is 12.3 Å². The lowest BCUT2D eigenvalue weighted by atomic mass is 10.1. The van der Waals surface area contributed by atoms with Gasteiger partial charge in [-0.3, -0.25) is 0 Å².